The predicted molar refractivity (Wildman–Crippen MR) is 106 cm³/mol. The summed E-state index contributed by atoms with van der Waals surface area (Å²) in [6.07, 6.45) is 1.10. The molecular formula is C19H29N3O4S. The van der Waals surface area contributed by atoms with Crippen molar-refractivity contribution in [3.63, 3.8) is 0 Å². The van der Waals surface area contributed by atoms with E-state index in [1.165, 1.54) is 0 Å². The van der Waals surface area contributed by atoms with E-state index in [2.05, 4.69) is 0 Å². The summed E-state index contributed by atoms with van der Waals surface area (Å²) < 4.78 is 25.7. The van der Waals surface area contributed by atoms with E-state index in [1.54, 1.807) is 21.9 Å². The fourth-order valence-electron chi connectivity index (χ4n) is 3.08. The van der Waals surface area contributed by atoms with Crippen molar-refractivity contribution in [2.45, 2.75) is 27.7 Å². The molecule has 2 rings (SSSR count). The van der Waals surface area contributed by atoms with Gasteiger partial charge in [0.05, 0.1) is 11.9 Å². The molecule has 0 saturated carbocycles. The Balaban J connectivity index is 2.08. The highest BCUT2D eigenvalue weighted by atomic mass is 32.2. The van der Waals surface area contributed by atoms with E-state index in [9.17, 15) is 18.0 Å². The molecule has 0 spiro atoms. The Morgan fingerprint density at radius 1 is 1.04 bits per heavy atom. The lowest BCUT2D eigenvalue weighted by Crippen LogP contribution is -2.54. The molecular weight excluding hydrogens is 366 g/mol. The van der Waals surface area contributed by atoms with E-state index in [4.69, 9.17) is 0 Å². The number of aryl methyl sites for hydroxylation is 1. The van der Waals surface area contributed by atoms with E-state index in [0.717, 1.165) is 16.1 Å². The molecule has 2 amide bonds. The van der Waals surface area contributed by atoms with Crippen LogP contribution < -0.4 is 4.31 Å². The molecule has 1 saturated heterocycles. The van der Waals surface area contributed by atoms with E-state index in [1.807, 2.05) is 39.8 Å². The van der Waals surface area contributed by atoms with Gasteiger partial charge in [0.25, 0.3) is 0 Å². The molecule has 1 fully saturated rings. The molecule has 1 aliphatic rings. The maximum Gasteiger partial charge on any atom is 0.243 e. The van der Waals surface area contributed by atoms with Gasteiger partial charge in [-0.1, -0.05) is 39.0 Å². The Hall–Kier alpha value is -2.09. The van der Waals surface area contributed by atoms with E-state index < -0.39 is 15.4 Å². The Morgan fingerprint density at radius 2 is 1.56 bits per heavy atom. The zero-order valence-electron chi connectivity index (χ0n) is 16.7. The molecule has 0 radical (unpaired) electrons. The molecule has 0 N–H and O–H groups in total. The second-order valence-electron chi connectivity index (χ2n) is 7.98. The van der Waals surface area contributed by atoms with Crippen molar-refractivity contribution < 1.29 is 18.0 Å². The highest BCUT2D eigenvalue weighted by molar-refractivity contribution is 7.92. The number of carbonyl (C=O) groups excluding carboxylic acids is 2. The summed E-state index contributed by atoms with van der Waals surface area (Å²) in [4.78, 5) is 28.5. The highest BCUT2D eigenvalue weighted by Gasteiger charge is 2.32. The average Bonchev–Trinajstić information content (AvgIpc) is 2.58. The van der Waals surface area contributed by atoms with Gasteiger partial charge in [0.1, 0.15) is 6.54 Å². The molecule has 27 heavy (non-hydrogen) atoms. The van der Waals surface area contributed by atoms with Crippen molar-refractivity contribution in [2.24, 2.45) is 5.41 Å². The summed E-state index contributed by atoms with van der Waals surface area (Å²) in [5.41, 5.74) is 0.843. The molecule has 8 heteroatoms. The number of carbonyl (C=O) groups is 2. The van der Waals surface area contributed by atoms with Crippen molar-refractivity contribution in [3.8, 4) is 0 Å². The fourth-order valence-corrected chi connectivity index (χ4v) is 3.99. The molecule has 0 aromatic heterocycles. The minimum atomic E-state index is -3.60. The van der Waals surface area contributed by atoms with Gasteiger partial charge in [0.2, 0.25) is 21.8 Å². The normalized spacial score (nSPS) is 15.6. The smallest absolute Gasteiger partial charge is 0.243 e. The van der Waals surface area contributed by atoms with Crippen LogP contribution in [0.2, 0.25) is 0 Å². The molecule has 0 unspecified atom stereocenters. The summed E-state index contributed by atoms with van der Waals surface area (Å²) >= 11 is 0. The first-order chi connectivity index (χ1) is 12.4. The van der Waals surface area contributed by atoms with Crippen LogP contribution in [0.4, 0.5) is 5.69 Å². The number of para-hydroxylation sites is 1. The molecule has 1 aromatic rings. The first-order valence-electron chi connectivity index (χ1n) is 9.02. The molecule has 1 aromatic carbocycles. The summed E-state index contributed by atoms with van der Waals surface area (Å²) in [7, 11) is -3.60. The van der Waals surface area contributed by atoms with Crippen LogP contribution in [-0.2, 0) is 19.6 Å². The minimum Gasteiger partial charge on any atom is -0.339 e. The van der Waals surface area contributed by atoms with Crippen LogP contribution in [0, 0.1) is 12.3 Å². The van der Waals surface area contributed by atoms with Crippen LogP contribution in [0.1, 0.15) is 26.3 Å². The van der Waals surface area contributed by atoms with Gasteiger partial charge in [-0.2, -0.15) is 0 Å². The number of sulfonamides is 1. The average molecular weight is 396 g/mol. The number of hydrogen-bond acceptors (Lipinski definition) is 4. The summed E-state index contributed by atoms with van der Waals surface area (Å²) in [6.45, 7) is 8.94. The lowest BCUT2D eigenvalue weighted by molar-refractivity contribution is -0.144. The van der Waals surface area contributed by atoms with Crippen molar-refractivity contribution in [1.29, 1.82) is 0 Å². The van der Waals surface area contributed by atoms with Crippen LogP contribution in [0.25, 0.3) is 0 Å². The first-order valence-corrected chi connectivity index (χ1v) is 10.9. The second-order valence-corrected chi connectivity index (χ2v) is 9.89. The number of hydrogen-bond donors (Lipinski definition) is 0. The van der Waals surface area contributed by atoms with E-state index in [0.29, 0.717) is 31.9 Å². The Bertz CT molecular complexity index is 806. The topological polar surface area (TPSA) is 78.0 Å². The number of benzene rings is 1. The van der Waals surface area contributed by atoms with E-state index in [-0.39, 0.29) is 18.4 Å². The SMILES string of the molecule is Cc1ccccc1N(CC(=O)N1CCN(C(=O)C(C)(C)C)CC1)S(C)(=O)=O. The number of piperazine rings is 1. The van der Waals surface area contributed by atoms with Gasteiger partial charge >= 0.3 is 0 Å². The predicted octanol–water partition coefficient (Wildman–Crippen LogP) is 1.48. The monoisotopic (exact) mass is 395 g/mol. The van der Waals surface area contributed by atoms with Crippen LogP contribution >= 0.6 is 0 Å². The summed E-state index contributed by atoms with van der Waals surface area (Å²) in [5, 5.41) is 0. The zero-order chi connectivity index (χ0) is 20.4. The molecule has 1 aliphatic heterocycles. The van der Waals surface area contributed by atoms with Crippen LogP contribution in [0.15, 0.2) is 24.3 Å². The number of anilines is 1. The zero-order valence-corrected chi connectivity index (χ0v) is 17.5. The minimum absolute atomic E-state index is 0.0623. The third-order valence-electron chi connectivity index (χ3n) is 4.62. The third kappa shape index (κ3) is 5.22. The maximum absolute atomic E-state index is 12.7. The van der Waals surface area contributed by atoms with Crippen molar-refractivity contribution in [1.82, 2.24) is 9.80 Å². The lowest BCUT2D eigenvalue weighted by Gasteiger charge is -2.38. The van der Waals surface area contributed by atoms with Crippen molar-refractivity contribution in [3.05, 3.63) is 29.8 Å². The van der Waals surface area contributed by atoms with Crippen molar-refractivity contribution in [2.75, 3.05) is 43.3 Å². The van der Waals surface area contributed by atoms with E-state index >= 15 is 0 Å². The van der Waals surface area contributed by atoms with Crippen molar-refractivity contribution >= 4 is 27.5 Å². The third-order valence-corrected chi connectivity index (χ3v) is 5.75. The largest absolute Gasteiger partial charge is 0.339 e. The fraction of sp³-hybridized carbons (Fsp3) is 0.579. The van der Waals surface area contributed by atoms with Gasteiger partial charge in [-0.05, 0) is 18.6 Å². The number of amides is 2. The number of nitrogens with zero attached hydrogens (tertiary/aromatic N) is 3. The molecule has 1 heterocycles. The van der Waals surface area contributed by atoms with Gasteiger partial charge in [-0.15, -0.1) is 0 Å². The molecule has 150 valence electrons. The molecule has 7 nitrogen and oxygen atoms in total. The maximum atomic E-state index is 12.7. The highest BCUT2D eigenvalue weighted by Crippen LogP contribution is 2.23. The Morgan fingerprint density at radius 3 is 2.04 bits per heavy atom. The van der Waals surface area contributed by atoms with Crippen LogP contribution in [-0.4, -0.2) is 69.0 Å². The molecule has 0 atom stereocenters. The number of rotatable bonds is 4. The van der Waals surface area contributed by atoms with Gasteiger partial charge < -0.3 is 9.80 Å². The quantitative estimate of drug-likeness (QED) is 0.774. The molecule has 0 bridgehead atoms. The second kappa shape index (κ2) is 7.88. The first kappa shape index (κ1) is 21.2. The van der Waals surface area contributed by atoms with Gasteiger partial charge in [0.15, 0.2) is 0 Å². The van der Waals surface area contributed by atoms with Crippen LogP contribution in [0.3, 0.4) is 0 Å². The molecule has 0 aliphatic carbocycles. The van der Waals surface area contributed by atoms with Crippen LogP contribution in [0.5, 0.6) is 0 Å². The Kier molecular flexibility index (Phi) is 6.19. The van der Waals surface area contributed by atoms with Gasteiger partial charge in [-0.3, -0.25) is 13.9 Å². The summed E-state index contributed by atoms with van der Waals surface area (Å²) in [6, 6.07) is 7.09. The summed E-state index contributed by atoms with van der Waals surface area (Å²) in [5.74, 6) is -0.196. The van der Waals surface area contributed by atoms with Gasteiger partial charge in [0, 0.05) is 31.6 Å². The van der Waals surface area contributed by atoms with Gasteiger partial charge in [-0.25, -0.2) is 8.42 Å². The Labute approximate surface area is 162 Å². The standard InChI is InChI=1S/C19H29N3O4S/c1-15-8-6-7-9-16(15)22(27(5,25)26)14-17(23)20-10-12-21(13-11-20)18(24)19(2,3)4/h6-9H,10-14H2,1-5H3. The lowest BCUT2D eigenvalue weighted by atomic mass is 9.94.